The van der Waals surface area contributed by atoms with Crippen LogP contribution >= 0.6 is 0 Å². The van der Waals surface area contributed by atoms with E-state index in [-0.39, 0.29) is 5.92 Å². The topological polar surface area (TPSA) is 101 Å². The van der Waals surface area contributed by atoms with E-state index in [1.54, 1.807) is 24.3 Å². The Labute approximate surface area is 97.9 Å². The lowest BCUT2D eigenvalue weighted by molar-refractivity contribution is -0.140. The third-order valence-corrected chi connectivity index (χ3v) is 3.24. The molecule has 0 aliphatic heterocycles. The summed E-state index contributed by atoms with van der Waals surface area (Å²) in [5.41, 5.74) is 6.35. The maximum Gasteiger partial charge on any atom is 0.320 e. The number of nitrogens with two attached hydrogens (primary N) is 1. The van der Waals surface area contributed by atoms with Crippen LogP contribution in [0.25, 0.3) is 0 Å². The van der Waals surface area contributed by atoms with Gasteiger partial charge in [0.1, 0.15) is 6.04 Å². The van der Waals surface area contributed by atoms with Crippen molar-refractivity contribution in [2.45, 2.75) is 12.0 Å². The van der Waals surface area contributed by atoms with Crippen molar-refractivity contribution >= 4 is 11.9 Å². The average molecular weight is 235 g/mol. The zero-order valence-electron chi connectivity index (χ0n) is 8.98. The molecule has 0 aromatic heterocycles. The van der Waals surface area contributed by atoms with E-state index in [1.165, 1.54) is 0 Å². The van der Waals surface area contributed by atoms with Crippen LogP contribution in [0.1, 0.15) is 11.5 Å². The van der Waals surface area contributed by atoms with Gasteiger partial charge in [-0.3, -0.25) is 9.59 Å². The van der Waals surface area contributed by atoms with Crippen molar-refractivity contribution in [2.24, 2.45) is 17.6 Å². The van der Waals surface area contributed by atoms with Gasteiger partial charge in [-0.2, -0.15) is 0 Å². The minimum absolute atomic E-state index is 0.292. The Bertz CT molecular complexity index is 445. The van der Waals surface area contributed by atoms with E-state index >= 15 is 0 Å². The van der Waals surface area contributed by atoms with Crippen molar-refractivity contribution in [2.75, 3.05) is 0 Å². The zero-order chi connectivity index (χ0) is 12.6. The number of carboxylic acid groups (broad SMARTS) is 2. The molecule has 1 aliphatic rings. The molecule has 5 heteroatoms. The molecule has 0 radical (unpaired) electrons. The molecule has 4 atom stereocenters. The van der Waals surface area contributed by atoms with Crippen LogP contribution in [-0.4, -0.2) is 28.2 Å². The Morgan fingerprint density at radius 1 is 1.18 bits per heavy atom. The second-order valence-corrected chi connectivity index (χ2v) is 4.24. The van der Waals surface area contributed by atoms with Gasteiger partial charge in [-0.05, 0) is 5.56 Å². The monoisotopic (exact) mass is 235 g/mol. The fraction of sp³-hybridized carbons (Fsp3) is 0.333. The first-order chi connectivity index (χ1) is 8.04. The normalized spacial score (nSPS) is 28.4. The molecule has 1 fully saturated rings. The predicted octanol–water partition coefficient (Wildman–Crippen LogP) is 0.513. The van der Waals surface area contributed by atoms with E-state index in [0.29, 0.717) is 0 Å². The maximum atomic E-state index is 11.0. The smallest absolute Gasteiger partial charge is 0.320 e. The van der Waals surface area contributed by atoms with Gasteiger partial charge in [-0.15, -0.1) is 0 Å². The molecule has 17 heavy (non-hydrogen) atoms. The lowest BCUT2D eigenvalue weighted by Gasteiger charge is -2.04. The summed E-state index contributed by atoms with van der Waals surface area (Å²) >= 11 is 0. The van der Waals surface area contributed by atoms with E-state index in [2.05, 4.69) is 0 Å². The molecule has 2 rings (SSSR count). The number of carboxylic acids is 2. The Morgan fingerprint density at radius 3 is 2.24 bits per heavy atom. The first-order valence-electron chi connectivity index (χ1n) is 5.30. The van der Waals surface area contributed by atoms with Gasteiger partial charge in [0, 0.05) is 11.8 Å². The van der Waals surface area contributed by atoms with Crippen molar-refractivity contribution in [3.63, 3.8) is 0 Å². The number of hydrogen-bond donors (Lipinski definition) is 3. The average Bonchev–Trinajstić information content (AvgIpc) is 3.04. The Balaban J connectivity index is 2.23. The van der Waals surface area contributed by atoms with Crippen LogP contribution in [0.3, 0.4) is 0 Å². The van der Waals surface area contributed by atoms with E-state index < -0.39 is 29.8 Å². The van der Waals surface area contributed by atoms with E-state index in [0.717, 1.165) is 5.56 Å². The summed E-state index contributed by atoms with van der Waals surface area (Å²) in [7, 11) is 0. The van der Waals surface area contributed by atoms with E-state index in [4.69, 9.17) is 15.9 Å². The molecule has 4 N–H and O–H groups in total. The standard InChI is InChI=1S/C12H13NO4/c13-10(12(16)17)8-7(9(8)11(14)15)6-4-2-1-3-5-6/h1-5,7-10H,13H2,(H,14,15)(H,16,17)/t7-,8?,9+,10?/m0/s1. The highest BCUT2D eigenvalue weighted by Crippen LogP contribution is 2.55. The first-order valence-corrected chi connectivity index (χ1v) is 5.30. The highest BCUT2D eigenvalue weighted by Gasteiger charge is 2.59. The van der Waals surface area contributed by atoms with Gasteiger partial charge >= 0.3 is 11.9 Å². The van der Waals surface area contributed by atoms with Crippen molar-refractivity contribution in [3.05, 3.63) is 35.9 Å². The number of benzene rings is 1. The van der Waals surface area contributed by atoms with Crippen LogP contribution in [0.5, 0.6) is 0 Å². The molecule has 0 spiro atoms. The van der Waals surface area contributed by atoms with Crippen molar-refractivity contribution in [1.29, 1.82) is 0 Å². The van der Waals surface area contributed by atoms with Gasteiger partial charge in [0.2, 0.25) is 0 Å². The second kappa shape index (κ2) is 4.18. The molecule has 0 bridgehead atoms. The fourth-order valence-electron chi connectivity index (χ4n) is 2.37. The molecule has 1 aromatic carbocycles. The molecular formula is C12H13NO4. The lowest BCUT2D eigenvalue weighted by atomic mass is 10.1. The summed E-state index contributed by atoms with van der Waals surface area (Å²) in [5, 5.41) is 17.9. The van der Waals surface area contributed by atoms with Gasteiger partial charge in [-0.25, -0.2) is 0 Å². The highest BCUT2D eigenvalue weighted by molar-refractivity contribution is 5.81. The molecule has 1 saturated carbocycles. The van der Waals surface area contributed by atoms with Crippen LogP contribution in [0.4, 0.5) is 0 Å². The molecule has 0 amide bonds. The summed E-state index contributed by atoms with van der Waals surface area (Å²) in [6.07, 6.45) is 0. The van der Waals surface area contributed by atoms with E-state index in [9.17, 15) is 9.59 Å². The maximum absolute atomic E-state index is 11.0. The number of aliphatic carboxylic acids is 2. The van der Waals surface area contributed by atoms with E-state index in [1.807, 2.05) is 6.07 Å². The van der Waals surface area contributed by atoms with Crippen molar-refractivity contribution in [3.8, 4) is 0 Å². The van der Waals surface area contributed by atoms with Gasteiger partial charge in [0.15, 0.2) is 0 Å². The Morgan fingerprint density at radius 2 is 1.76 bits per heavy atom. The van der Waals surface area contributed by atoms with Crippen molar-refractivity contribution < 1.29 is 19.8 Å². The molecule has 0 heterocycles. The lowest BCUT2D eigenvalue weighted by Crippen LogP contribution is -2.33. The van der Waals surface area contributed by atoms with Crippen LogP contribution in [0, 0.1) is 11.8 Å². The Kier molecular flexibility index (Phi) is 2.85. The summed E-state index contributed by atoms with van der Waals surface area (Å²) in [4.78, 5) is 21.8. The summed E-state index contributed by atoms with van der Waals surface area (Å²) in [6, 6.07) is 7.91. The quantitative estimate of drug-likeness (QED) is 0.706. The number of hydrogen-bond acceptors (Lipinski definition) is 3. The SMILES string of the molecule is NC(C(=O)O)C1[C@H](C(=O)O)[C@H]1c1ccccc1. The van der Waals surface area contributed by atoms with Crippen LogP contribution in [0.2, 0.25) is 0 Å². The minimum atomic E-state index is -1.15. The van der Waals surface area contributed by atoms with Gasteiger partial charge in [-0.1, -0.05) is 30.3 Å². The van der Waals surface area contributed by atoms with Gasteiger partial charge in [0.05, 0.1) is 5.92 Å². The minimum Gasteiger partial charge on any atom is -0.481 e. The van der Waals surface area contributed by atoms with Crippen molar-refractivity contribution in [1.82, 2.24) is 0 Å². The van der Waals surface area contributed by atoms with Crippen LogP contribution < -0.4 is 5.73 Å². The molecule has 90 valence electrons. The molecular weight excluding hydrogens is 222 g/mol. The highest BCUT2D eigenvalue weighted by atomic mass is 16.4. The molecule has 5 nitrogen and oxygen atoms in total. The fourth-order valence-corrected chi connectivity index (χ4v) is 2.37. The van der Waals surface area contributed by atoms with Crippen LogP contribution in [-0.2, 0) is 9.59 Å². The molecule has 0 saturated heterocycles. The molecule has 2 unspecified atom stereocenters. The predicted molar refractivity (Wildman–Crippen MR) is 59.4 cm³/mol. The summed E-state index contributed by atoms with van der Waals surface area (Å²) in [6.45, 7) is 0. The Hall–Kier alpha value is -1.88. The second-order valence-electron chi connectivity index (χ2n) is 4.24. The first kappa shape index (κ1) is 11.6. The summed E-state index contributed by atoms with van der Waals surface area (Å²) in [5.74, 6) is -3.64. The largest absolute Gasteiger partial charge is 0.481 e. The van der Waals surface area contributed by atoms with Gasteiger partial charge < -0.3 is 15.9 Å². The third-order valence-electron chi connectivity index (χ3n) is 3.24. The molecule has 1 aliphatic carbocycles. The molecule has 1 aromatic rings. The van der Waals surface area contributed by atoms with Gasteiger partial charge in [0.25, 0.3) is 0 Å². The van der Waals surface area contributed by atoms with Crippen LogP contribution in [0.15, 0.2) is 30.3 Å². The zero-order valence-corrected chi connectivity index (χ0v) is 8.98. The number of rotatable bonds is 4. The number of carbonyl (C=O) groups is 2. The summed E-state index contributed by atoms with van der Waals surface area (Å²) < 4.78 is 0. The third kappa shape index (κ3) is 2.01.